The fraction of sp³-hybridized carbons (Fsp3) is 0.562. The molecular formula is C16H20FN3. The van der Waals surface area contributed by atoms with Crippen LogP contribution in [0.2, 0.25) is 0 Å². The second-order valence-electron chi connectivity index (χ2n) is 6.08. The lowest BCUT2D eigenvalue weighted by Gasteiger charge is -2.31. The van der Waals surface area contributed by atoms with Gasteiger partial charge in [-0.2, -0.15) is 0 Å². The fourth-order valence-corrected chi connectivity index (χ4v) is 3.49. The van der Waals surface area contributed by atoms with Crippen molar-refractivity contribution in [2.45, 2.75) is 44.1 Å². The number of hydrogen-bond donors (Lipinski definition) is 1. The van der Waals surface area contributed by atoms with Gasteiger partial charge in [0, 0.05) is 18.0 Å². The fourth-order valence-electron chi connectivity index (χ4n) is 3.49. The van der Waals surface area contributed by atoms with Crippen molar-refractivity contribution in [1.29, 1.82) is 0 Å². The van der Waals surface area contributed by atoms with Gasteiger partial charge in [0.25, 0.3) is 0 Å². The quantitative estimate of drug-likeness (QED) is 0.909. The minimum atomic E-state index is -0.187. The summed E-state index contributed by atoms with van der Waals surface area (Å²) in [5.41, 5.74) is 1.94. The molecule has 0 radical (unpaired) electrons. The standard InChI is InChI=1S/C16H20FN3/c17-12-4-5-15-14(10-12)19-16(11-2-1-3-11)20(15)13-6-8-18-9-7-13/h4-5,10-11,13,18H,1-3,6-9H2. The third-order valence-electron chi connectivity index (χ3n) is 4.82. The average molecular weight is 273 g/mol. The zero-order valence-electron chi connectivity index (χ0n) is 11.6. The van der Waals surface area contributed by atoms with E-state index in [1.165, 1.54) is 25.1 Å². The smallest absolute Gasteiger partial charge is 0.125 e. The Morgan fingerprint density at radius 3 is 2.65 bits per heavy atom. The highest BCUT2D eigenvalue weighted by Crippen LogP contribution is 2.39. The number of piperidine rings is 1. The minimum Gasteiger partial charge on any atom is -0.325 e. The number of nitrogens with one attached hydrogen (secondary N) is 1. The predicted octanol–water partition coefficient (Wildman–Crippen LogP) is 3.37. The molecule has 1 saturated heterocycles. The first-order valence-electron chi connectivity index (χ1n) is 7.71. The van der Waals surface area contributed by atoms with Crippen LogP contribution in [-0.4, -0.2) is 22.6 Å². The Hall–Kier alpha value is -1.42. The summed E-state index contributed by atoms with van der Waals surface area (Å²) in [5, 5.41) is 3.42. The van der Waals surface area contributed by atoms with Gasteiger partial charge in [-0.1, -0.05) is 6.42 Å². The number of benzene rings is 1. The van der Waals surface area contributed by atoms with Crippen molar-refractivity contribution in [1.82, 2.24) is 14.9 Å². The summed E-state index contributed by atoms with van der Waals surface area (Å²) in [6.45, 7) is 2.13. The summed E-state index contributed by atoms with van der Waals surface area (Å²) in [6, 6.07) is 5.56. The van der Waals surface area contributed by atoms with E-state index in [4.69, 9.17) is 4.98 Å². The SMILES string of the molecule is Fc1ccc2c(c1)nc(C1CCC1)n2C1CCNCC1. The third kappa shape index (κ3) is 1.94. The molecule has 4 heteroatoms. The molecule has 0 atom stereocenters. The van der Waals surface area contributed by atoms with Crippen molar-refractivity contribution in [2.75, 3.05) is 13.1 Å². The summed E-state index contributed by atoms with van der Waals surface area (Å²) < 4.78 is 15.9. The lowest BCUT2D eigenvalue weighted by molar-refractivity contribution is 0.332. The molecular weight excluding hydrogens is 253 g/mol. The van der Waals surface area contributed by atoms with Gasteiger partial charge >= 0.3 is 0 Å². The molecule has 0 spiro atoms. The number of nitrogens with zero attached hydrogens (tertiary/aromatic N) is 2. The molecule has 1 aliphatic carbocycles. The van der Waals surface area contributed by atoms with Gasteiger partial charge in [0.2, 0.25) is 0 Å². The molecule has 20 heavy (non-hydrogen) atoms. The summed E-state index contributed by atoms with van der Waals surface area (Å²) in [6.07, 6.45) is 6.05. The van der Waals surface area contributed by atoms with Crippen LogP contribution in [0.15, 0.2) is 18.2 Å². The number of rotatable bonds is 2. The van der Waals surface area contributed by atoms with Gasteiger partial charge < -0.3 is 9.88 Å². The maximum Gasteiger partial charge on any atom is 0.125 e. The van der Waals surface area contributed by atoms with Crippen LogP contribution in [0.5, 0.6) is 0 Å². The molecule has 0 amide bonds. The van der Waals surface area contributed by atoms with E-state index in [9.17, 15) is 4.39 Å². The van der Waals surface area contributed by atoms with Gasteiger partial charge in [-0.15, -0.1) is 0 Å². The Morgan fingerprint density at radius 2 is 1.95 bits per heavy atom. The van der Waals surface area contributed by atoms with Crippen LogP contribution in [0, 0.1) is 5.82 Å². The first kappa shape index (κ1) is 12.3. The molecule has 106 valence electrons. The molecule has 1 N–H and O–H groups in total. The number of hydrogen-bond acceptors (Lipinski definition) is 2. The third-order valence-corrected chi connectivity index (χ3v) is 4.82. The molecule has 1 aromatic heterocycles. The van der Waals surface area contributed by atoms with Crippen molar-refractivity contribution >= 4 is 11.0 Å². The maximum absolute atomic E-state index is 13.5. The van der Waals surface area contributed by atoms with E-state index in [-0.39, 0.29) is 5.82 Å². The number of halogens is 1. The summed E-state index contributed by atoms with van der Waals surface area (Å²) in [7, 11) is 0. The van der Waals surface area contributed by atoms with Crippen LogP contribution in [0.25, 0.3) is 11.0 Å². The molecule has 2 fully saturated rings. The predicted molar refractivity (Wildman–Crippen MR) is 77.4 cm³/mol. The van der Waals surface area contributed by atoms with E-state index in [0.29, 0.717) is 12.0 Å². The Labute approximate surface area is 118 Å². The van der Waals surface area contributed by atoms with Gasteiger partial charge in [0.05, 0.1) is 11.0 Å². The van der Waals surface area contributed by atoms with E-state index in [1.807, 2.05) is 6.07 Å². The zero-order valence-corrected chi connectivity index (χ0v) is 11.6. The van der Waals surface area contributed by atoms with Crippen LogP contribution < -0.4 is 5.32 Å². The lowest BCUT2D eigenvalue weighted by atomic mass is 9.84. The van der Waals surface area contributed by atoms with Gasteiger partial charge in [0.15, 0.2) is 0 Å². The molecule has 1 aromatic carbocycles. The van der Waals surface area contributed by atoms with Crippen LogP contribution in [0.3, 0.4) is 0 Å². The normalized spacial score (nSPS) is 21.2. The molecule has 3 nitrogen and oxygen atoms in total. The van der Waals surface area contributed by atoms with E-state index in [1.54, 1.807) is 12.1 Å². The van der Waals surface area contributed by atoms with E-state index in [0.717, 1.165) is 37.0 Å². The minimum absolute atomic E-state index is 0.187. The second-order valence-corrected chi connectivity index (χ2v) is 6.08. The summed E-state index contributed by atoms with van der Waals surface area (Å²) in [4.78, 5) is 4.77. The van der Waals surface area contributed by atoms with E-state index >= 15 is 0 Å². The van der Waals surface area contributed by atoms with Crippen molar-refractivity contribution in [2.24, 2.45) is 0 Å². The lowest BCUT2D eigenvalue weighted by Crippen LogP contribution is -2.31. The zero-order chi connectivity index (χ0) is 13.5. The molecule has 4 rings (SSSR count). The van der Waals surface area contributed by atoms with Gasteiger partial charge in [-0.3, -0.25) is 0 Å². The van der Waals surface area contributed by atoms with Crippen LogP contribution in [0.1, 0.15) is 49.9 Å². The van der Waals surface area contributed by atoms with Crippen molar-refractivity contribution in [3.05, 3.63) is 29.8 Å². The summed E-state index contributed by atoms with van der Waals surface area (Å²) >= 11 is 0. The van der Waals surface area contributed by atoms with Crippen molar-refractivity contribution in [3.8, 4) is 0 Å². The molecule has 2 aromatic rings. The van der Waals surface area contributed by atoms with Crippen molar-refractivity contribution in [3.63, 3.8) is 0 Å². The number of fused-ring (bicyclic) bond motifs is 1. The molecule has 2 aliphatic rings. The van der Waals surface area contributed by atoms with E-state index in [2.05, 4.69) is 9.88 Å². The highest BCUT2D eigenvalue weighted by atomic mass is 19.1. The number of aromatic nitrogens is 2. The highest BCUT2D eigenvalue weighted by molar-refractivity contribution is 5.76. The van der Waals surface area contributed by atoms with Crippen LogP contribution >= 0.6 is 0 Å². The maximum atomic E-state index is 13.5. The Balaban J connectivity index is 1.85. The molecule has 2 heterocycles. The Morgan fingerprint density at radius 1 is 1.15 bits per heavy atom. The largest absolute Gasteiger partial charge is 0.325 e. The highest BCUT2D eigenvalue weighted by Gasteiger charge is 2.29. The van der Waals surface area contributed by atoms with Crippen LogP contribution in [-0.2, 0) is 0 Å². The first-order chi connectivity index (χ1) is 9.83. The van der Waals surface area contributed by atoms with Gasteiger partial charge in [-0.05, 0) is 50.9 Å². The number of imidazole rings is 1. The Bertz CT molecular complexity index is 624. The van der Waals surface area contributed by atoms with Crippen LogP contribution in [0.4, 0.5) is 4.39 Å². The van der Waals surface area contributed by atoms with E-state index < -0.39 is 0 Å². The first-order valence-corrected chi connectivity index (χ1v) is 7.71. The second kappa shape index (κ2) is 4.85. The van der Waals surface area contributed by atoms with Gasteiger partial charge in [0.1, 0.15) is 11.6 Å². The molecule has 1 saturated carbocycles. The van der Waals surface area contributed by atoms with Gasteiger partial charge in [-0.25, -0.2) is 9.37 Å². The molecule has 0 unspecified atom stereocenters. The summed E-state index contributed by atoms with van der Waals surface area (Å²) in [5.74, 6) is 1.59. The monoisotopic (exact) mass is 273 g/mol. The van der Waals surface area contributed by atoms with Crippen molar-refractivity contribution < 1.29 is 4.39 Å². The molecule has 1 aliphatic heterocycles. The average Bonchev–Trinajstić information content (AvgIpc) is 2.75. The molecule has 0 bridgehead atoms. The Kier molecular flexibility index (Phi) is 2.99. The topological polar surface area (TPSA) is 29.9 Å².